The number of hydrogen-bond donors (Lipinski definition) is 1. The van der Waals surface area contributed by atoms with Crippen molar-refractivity contribution in [3.05, 3.63) is 17.7 Å². The zero-order valence-corrected chi connectivity index (χ0v) is 10.1. The second-order valence-electron chi connectivity index (χ2n) is 3.42. The molecule has 0 aliphatic carbocycles. The highest BCUT2D eigenvalue weighted by Crippen LogP contribution is 2.38. The number of carbonyl (C=O) groups is 1. The zero-order chi connectivity index (χ0) is 12.4. The summed E-state index contributed by atoms with van der Waals surface area (Å²) in [6.45, 7) is 0. The van der Waals surface area contributed by atoms with E-state index in [2.05, 4.69) is 10.3 Å². The van der Waals surface area contributed by atoms with Crippen LogP contribution in [0.1, 0.15) is 11.6 Å². The molecule has 0 saturated heterocycles. The van der Waals surface area contributed by atoms with E-state index in [0.717, 1.165) is 6.29 Å². The molecule has 1 unspecified atom stereocenters. The van der Waals surface area contributed by atoms with E-state index in [-0.39, 0.29) is 5.29 Å². The fraction of sp³-hybridized carbons (Fsp3) is 0.273. The molecule has 1 atom stereocenters. The van der Waals surface area contributed by atoms with Crippen molar-refractivity contribution in [2.45, 2.75) is 6.04 Å². The first-order valence-electron chi connectivity index (χ1n) is 4.91. The van der Waals surface area contributed by atoms with Gasteiger partial charge in [-0.3, -0.25) is 0 Å². The van der Waals surface area contributed by atoms with Crippen LogP contribution in [0.5, 0.6) is 11.5 Å². The van der Waals surface area contributed by atoms with E-state index in [1.54, 1.807) is 19.2 Å². The largest absolute Gasteiger partial charge is 0.493 e. The average molecular weight is 255 g/mol. The lowest BCUT2D eigenvalue weighted by molar-refractivity contribution is -0.108. The standard InChI is InChI=1S/C11H11ClN2O3/c1-16-9-3-6-7(4-10(9)17-2)13-11(12)14-8(6)5-15/h3-5,8H,1-2H3,(H,13,14). The number of ether oxygens (including phenoxy) is 2. The maximum Gasteiger partial charge on any atom is 0.196 e. The van der Waals surface area contributed by atoms with Gasteiger partial charge in [0.1, 0.15) is 12.3 Å². The van der Waals surface area contributed by atoms with Crippen LogP contribution >= 0.6 is 11.6 Å². The number of carbonyl (C=O) groups excluding carboxylic acids is 1. The predicted octanol–water partition coefficient (Wildman–Crippen LogP) is 1.96. The van der Waals surface area contributed by atoms with E-state index in [4.69, 9.17) is 21.1 Å². The van der Waals surface area contributed by atoms with Crippen LogP contribution in [-0.4, -0.2) is 25.8 Å². The summed E-state index contributed by atoms with van der Waals surface area (Å²) in [7, 11) is 3.08. The van der Waals surface area contributed by atoms with Crippen molar-refractivity contribution < 1.29 is 14.3 Å². The summed E-state index contributed by atoms with van der Waals surface area (Å²) in [6.07, 6.45) is 0.730. The van der Waals surface area contributed by atoms with Crippen molar-refractivity contribution in [1.29, 1.82) is 0 Å². The third-order valence-electron chi connectivity index (χ3n) is 2.49. The molecule has 5 nitrogen and oxygen atoms in total. The number of aliphatic imine (C=N–C) groups is 1. The Kier molecular flexibility index (Phi) is 3.19. The van der Waals surface area contributed by atoms with Crippen LogP contribution in [0, 0.1) is 0 Å². The summed E-state index contributed by atoms with van der Waals surface area (Å²) in [5.74, 6) is 1.11. The summed E-state index contributed by atoms with van der Waals surface area (Å²) in [4.78, 5) is 14.9. The second kappa shape index (κ2) is 4.63. The number of nitrogens with one attached hydrogen (secondary N) is 1. The molecule has 2 rings (SSSR count). The molecule has 1 aromatic carbocycles. The fourth-order valence-electron chi connectivity index (χ4n) is 1.69. The van der Waals surface area contributed by atoms with Gasteiger partial charge in [-0.2, -0.15) is 0 Å². The van der Waals surface area contributed by atoms with E-state index in [1.807, 2.05) is 0 Å². The van der Waals surface area contributed by atoms with Crippen molar-refractivity contribution >= 4 is 28.9 Å². The Hall–Kier alpha value is -1.75. The van der Waals surface area contributed by atoms with E-state index < -0.39 is 6.04 Å². The van der Waals surface area contributed by atoms with E-state index in [9.17, 15) is 4.79 Å². The fourth-order valence-corrected chi connectivity index (χ4v) is 1.89. The number of amidine groups is 1. The number of halogens is 1. The van der Waals surface area contributed by atoms with Gasteiger partial charge in [0.15, 0.2) is 16.8 Å². The number of aldehydes is 1. The third kappa shape index (κ3) is 2.06. The third-order valence-corrected chi connectivity index (χ3v) is 2.69. The normalized spacial score (nSPS) is 17.6. The molecule has 0 saturated carbocycles. The number of nitrogens with zero attached hydrogens (tertiary/aromatic N) is 1. The van der Waals surface area contributed by atoms with Crippen LogP contribution in [0.3, 0.4) is 0 Å². The van der Waals surface area contributed by atoms with Crippen LogP contribution in [0.25, 0.3) is 0 Å². The van der Waals surface area contributed by atoms with Crippen molar-refractivity contribution in [2.75, 3.05) is 19.5 Å². The average Bonchev–Trinajstić information content (AvgIpc) is 2.35. The van der Waals surface area contributed by atoms with Crippen LogP contribution in [0.4, 0.5) is 5.69 Å². The first kappa shape index (κ1) is 11.7. The number of hydrogen-bond acceptors (Lipinski definition) is 5. The molecule has 0 fully saturated rings. The van der Waals surface area contributed by atoms with E-state index >= 15 is 0 Å². The molecule has 1 N–H and O–H groups in total. The van der Waals surface area contributed by atoms with Crippen LogP contribution in [0.15, 0.2) is 17.1 Å². The Labute approximate surface area is 103 Å². The number of benzene rings is 1. The Morgan fingerprint density at radius 2 is 2.00 bits per heavy atom. The van der Waals surface area contributed by atoms with Crippen molar-refractivity contribution in [1.82, 2.24) is 0 Å². The van der Waals surface area contributed by atoms with E-state index in [1.165, 1.54) is 7.11 Å². The predicted molar refractivity (Wildman–Crippen MR) is 65.3 cm³/mol. The maximum atomic E-state index is 11.0. The lowest BCUT2D eigenvalue weighted by atomic mass is 10.0. The molecule has 1 aliphatic heterocycles. The number of methoxy groups -OCH3 is 2. The molecule has 0 spiro atoms. The van der Waals surface area contributed by atoms with Gasteiger partial charge in [-0.05, 0) is 17.7 Å². The summed E-state index contributed by atoms with van der Waals surface area (Å²) in [6, 6.07) is 2.83. The van der Waals surface area contributed by atoms with Crippen LogP contribution in [-0.2, 0) is 4.79 Å². The lowest BCUT2D eigenvalue weighted by Crippen LogP contribution is -2.17. The van der Waals surface area contributed by atoms with Gasteiger partial charge in [0.25, 0.3) is 0 Å². The van der Waals surface area contributed by atoms with Gasteiger partial charge in [-0.15, -0.1) is 0 Å². The van der Waals surface area contributed by atoms with Gasteiger partial charge < -0.3 is 19.6 Å². The van der Waals surface area contributed by atoms with Gasteiger partial charge in [0.05, 0.1) is 19.9 Å². The van der Waals surface area contributed by atoms with Gasteiger partial charge in [0.2, 0.25) is 0 Å². The minimum Gasteiger partial charge on any atom is -0.493 e. The minimum atomic E-state index is -0.612. The molecule has 1 aliphatic rings. The van der Waals surface area contributed by atoms with Gasteiger partial charge in [-0.25, -0.2) is 4.99 Å². The number of anilines is 1. The van der Waals surface area contributed by atoms with E-state index in [0.29, 0.717) is 22.7 Å². The van der Waals surface area contributed by atoms with Gasteiger partial charge >= 0.3 is 0 Å². The smallest absolute Gasteiger partial charge is 0.196 e. The minimum absolute atomic E-state index is 0.182. The Morgan fingerprint density at radius 3 is 2.59 bits per heavy atom. The summed E-state index contributed by atoms with van der Waals surface area (Å²) >= 11 is 5.79. The van der Waals surface area contributed by atoms with Crippen molar-refractivity contribution in [3.8, 4) is 11.5 Å². The Morgan fingerprint density at radius 1 is 1.35 bits per heavy atom. The number of rotatable bonds is 3. The van der Waals surface area contributed by atoms with Crippen LogP contribution in [0.2, 0.25) is 0 Å². The first-order valence-corrected chi connectivity index (χ1v) is 5.29. The van der Waals surface area contributed by atoms with Crippen molar-refractivity contribution in [3.63, 3.8) is 0 Å². The quantitative estimate of drug-likeness (QED) is 0.662. The zero-order valence-electron chi connectivity index (χ0n) is 9.36. The molecule has 0 aromatic heterocycles. The Bertz CT molecular complexity index is 488. The molecule has 1 heterocycles. The maximum absolute atomic E-state index is 11.0. The SMILES string of the molecule is COc1cc2c(cc1OC)C(C=O)N=C(Cl)N2. The summed E-state index contributed by atoms with van der Waals surface area (Å²) < 4.78 is 10.3. The highest BCUT2D eigenvalue weighted by molar-refractivity contribution is 6.67. The highest BCUT2D eigenvalue weighted by Gasteiger charge is 2.22. The lowest BCUT2D eigenvalue weighted by Gasteiger charge is -2.21. The topological polar surface area (TPSA) is 59.9 Å². The molecule has 90 valence electrons. The monoisotopic (exact) mass is 254 g/mol. The summed E-state index contributed by atoms with van der Waals surface area (Å²) in [5.41, 5.74) is 1.40. The molecule has 0 bridgehead atoms. The second-order valence-corrected chi connectivity index (χ2v) is 3.78. The van der Waals surface area contributed by atoms with Gasteiger partial charge in [0, 0.05) is 11.6 Å². The molecule has 17 heavy (non-hydrogen) atoms. The molecule has 6 heteroatoms. The molecular weight excluding hydrogens is 244 g/mol. The molecule has 0 amide bonds. The van der Waals surface area contributed by atoms with Gasteiger partial charge in [-0.1, -0.05) is 0 Å². The van der Waals surface area contributed by atoms with Crippen molar-refractivity contribution in [2.24, 2.45) is 4.99 Å². The Balaban J connectivity index is 2.55. The number of fused-ring (bicyclic) bond motifs is 1. The molecular formula is C11H11ClN2O3. The summed E-state index contributed by atoms with van der Waals surface area (Å²) in [5, 5.41) is 3.05. The molecule has 1 aromatic rings. The first-order chi connectivity index (χ1) is 8.19. The molecule has 0 radical (unpaired) electrons. The highest BCUT2D eigenvalue weighted by atomic mass is 35.5. The van der Waals surface area contributed by atoms with Crippen LogP contribution < -0.4 is 14.8 Å².